The predicted octanol–water partition coefficient (Wildman–Crippen LogP) is 11.1. The van der Waals surface area contributed by atoms with Crippen molar-refractivity contribution in [1.82, 2.24) is 0 Å². The first-order valence-electron chi connectivity index (χ1n) is 21.2. The zero-order chi connectivity index (χ0) is 40.5. The highest BCUT2D eigenvalue weighted by Gasteiger charge is 2.27. The number of rotatable bonds is 39. The Morgan fingerprint density at radius 2 is 1.00 bits per heavy atom. The van der Waals surface area contributed by atoms with Crippen LogP contribution in [0, 0.1) is 0 Å². The lowest BCUT2D eigenvalue weighted by Gasteiger charge is -2.20. The molecule has 0 fully saturated rings. The minimum Gasteiger partial charge on any atom is -0.462 e. The van der Waals surface area contributed by atoms with Gasteiger partial charge in [0.1, 0.15) is 12.7 Å². The number of phosphoric acid groups is 1. The number of ether oxygens (including phenoxy) is 2. The summed E-state index contributed by atoms with van der Waals surface area (Å²) in [5.41, 5.74) is 0. The zero-order valence-corrected chi connectivity index (χ0v) is 35.3. The van der Waals surface area contributed by atoms with Crippen molar-refractivity contribution in [1.29, 1.82) is 0 Å². The summed E-state index contributed by atoms with van der Waals surface area (Å²) < 4.78 is 32.6. The number of esters is 2. The van der Waals surface area contributed by atoms with Gasteiger partial charge >= 0.3 is 19.8 Å². The van der Waals surface area contributed by atoms with Crippen LogP contribution in [0.5, 0.6) is 0 Å². The first-order valence-corrected chi connectivity index (χ1v) is 22.7. The zero-order valence-electron chi connectivity index (χ0n) is 34.4. The highest BCUT2D eigenvalue weighted by atomic mass is 31.2. The van der Waals surface area contributed by atoms with E-state index in [0.29, 0.717) is 12.8 Å². The van der Waals surface area contributed by atoms with Gasteiger partial charge in [-0.2, -0.15) is 0 Å². The van der Waals surface area contributed by atoms with E-state index in [0.717, 1.165) is 64.2 Å². The lowest BCUT2D eigenvalue weighted by atomic mass is 10.1. The molecule has 3 N–H and O–H groups in total. The molecule has 0 saturated carbocycles. The Kier molecular flexibility index (Phi) is 38.2. The smallest absolute Gasteiger partial charge is 0.462 e. The molecule has 11 heteroatoms. The number of aliphatic hydroxyl groups excluding tert-OH is 2. The van der Waals surface area contributed by atoms with Gasteiger partial charge in [-0.05, 0) is 77.0 Å². The molecule has 10 nitrogen and oxygen atoms in total. The molecule has 0 aromatic heterocycles. The van der Waals surface area contributed by atoms with E-state index in [2.05, 4.69) is 79.1 Å². The van der Waals surface area contributed by atoms with Crippen LogP contribution in [-0.4, -0.2) is 65.7 Å². The Morgan fingerprint density at radius 3 is 1.56 bits per heavy atom. The van der Waals surface area contributed by atoms with Crippen LogP contribution in [0.2, 0.25) is 0 Å². The summed E-state index contributed by atoms with van der Waals surface area (Å²) in [5.74, 6) is -0.982. The Hall–Kier alpha value is -2.33. The van der Waals surface area contributed by atoms with Gasteiger partial charge in [0.15, 0.2) is 6.10 Å². The molecule has 0 saturated heterocycles. The molecule has 0 aromatic carbocycles. The van der Waals surface area contributed by atoms with Gasteiger partial charge in [0.2, 0.25) is 0 Å². The van der Waals surface area contributed by atoms with Crippen LogP contribution in [0.3, 0.4) is 0 Å². The number of aliphatic hydroxyl groups is 2. The molecule has 0 aliphatic carbocycles. The van der Waals surface area contributed by atoms with Crippen LogP contribution < -0.4 is 0 Å². The van der Waals surface area contributed by atoms with E-state index in [4.69, 9.17) is 19.1 Å². The highest BCUT2D eigenvalue weighted by Crippen LogP contribution is 2.43. The lowest BCUT2D eigenvalue weighted by molar-refractivity contribution is -0.161. The maximum absolute atomic E-state index is 12.6. The summed E-state index contributed by atoms with van der Waals surface area (Å²) >= 11 is 0. The topological polar surface area (TPSA) is 149 Å². The molecule has 0 aliphatic heterocycles. The second kappa shape index (κ2) is 39.9. The van der Waals surface area contributed by atoms with E-state index < -0.39 is 51.8 Å². The van der Waals surface area contributed by atoms with Crippen LogP contribution in [0.4, 0.5) is 0 Å². The molecule has 0 amide bonds. The molecule has 0 radical (unpaired) electrons. The molecule has 1 unspecified atom stereocenters. The number of unbranched alkanes of at least 4 members (excludes halogenated alkanes) is 15. The van der Waals surface area contributed by atoms with E-state index >= 15 is 0 Å². The monoisotopic (exact) mass is 797 g/mol. The van der Waals surface area contributed by atoms with Crippen LogP contribution in [0.25, 0.3) is 0 Å². The van der Waals surface area contributed by atoms with E-state index in [9.17, 15) is 24.2 Å². The van der Waals surface area contributed by atoms with Gasteiger partial charge in [0.05, 0.1) is 19.8 Å². The van der Waals surface area contributed by atoms with Gasteiger partial charge < -0.3 is 24.6 Å². The number of hydrogen-bond donors (Lipinski definition) is 3. The fraction of sp³-hybridized carbons (Fsp3) is 0.727. The van der Waals surface area contributed by atoms with Gasteiger partial charge in [-0.1, -0.05) is 139 Å². The van der Waals surface area contributed by atoms with Gasteiger partial charge in [-0.15, -0.1) is 0 Å². The van der Waals surface area contributed by atoms with Crippen LogP contribution >= 0.6 is 7.82 Å². The summed E-state index contributed by atoms with van der Waals surface area (Å²) in [6.45, 7) is 2.20. The number of carbonyl (C=O) groups excluding carboxylic acids is 2. The summed E-state index contributed by atoms with van der Waals surface area (Å²) in [6.07, 6.45) is 43.3. The minimum absolute atomic E-state index is 0.168. The average Bonchev–Trinajstić information content (AvgIpc) is 3.17. The molecule has 3 atom stereocenters. The van der Waals surface area contributed by atoms with E-state index in [-0.39, 0.29) is 19.4 Å². The van der Waals surface area contributed by atoms with Crippen molar-refractivity contribution < 1.29 is 47.8 Å². The van der Waals surface area contributed by atoms with Crippen molar-refractivity contribution >= 4 is 19.8 Å². The Bertz CT molecular complexity index is 1100. The highest BCUT2D eigenvalue weighted by molar-refractivity contribution is 7.47. The normalized spacial score (nSPS) is 14.5. The maximum Gasteiger partial charge on any atom is 0.472 e. The number of hydrogen-bond acceptors (Lipinski definition) is 9. The van der Waals surface area contributed by atoms with Gasteiger partial charge in [0, 0.05) is 12.8 Å². The third-order valence-corrected chi connectivity index (χ3v) is 9.61. The summed E-state index contributed by atoms with van der Waals surface area (Å²) in [6, 6.07) is 0. The van der Waals surface area contributed by atoms with Crippen molar-refractivity contribution in [2.75, 3.05) is 26.4 Å². The molecule has 55 heavy (non-hydrogen) atoms. The molecule has 318 valence electrons. The fourth-order valence-electron chi connectivity index (χ4n) is 5.39. The van der Waals surface area contributed by atoms with E-state index in [1.165, 1.54) is 64.2 Å². The van der Waals surface area contributed by atoms with E-state index in [1.807, 2.05) is 0 Å². The molecule has 0 rings (SSSR count). The maximum atomic E-state index is 12.6. The molecule has 0 heterocycles. The molecular weight excluding hydrogens is 719 g/mol. The van der Waals surface area contributed by atoms with E-state index in [1.54, 1.807) is 0 Å². The van der Waals surface area contributed by atoms with Crippen molar-refractivity contribution in [3.05, 3.63) is 60.8 Å². The SMILES string of the molecule is CC/C=C\C/C=C\C/C=C\C/C=C\CCCCC(=O)OC[C@H](COP(=O)(O)OC[C@@H](O)CO)OC(=O)CCCCCCCCC/C=C\CCCCCCCC. The van der Waals surface area contributed by atoms with Crippen LogP contribution in [0.15, 0.2) is 60.8 Å². The third kappa shape index (κ3) is 39.7. The summed E-state index contributed by atoms with van der Waals surface area (Å²) in [5, 5.41) is 18.3. The van der Waals surface area contributed by atoms with Gasteiger partial charge in [-0.25, -0.2) is 4.57 Å². The van der Waals surface area contributed by atoms with Crippen LogP contribution in [-0.2, 0) is 32.7 Å². The van der Waals surface area contributed by atoms with Gasteiger partial charge in [-0.3, -0.25) is 18.6 Å². The molecular formula is C44H77O10P. The molecule has 0 aromatic rings. The van der Waals surface area contributed by atoms with Gasteiger partial charge in [0.25, 0.3) is 0 Å². The van der Waals surface area contributed by atoms with Crippen molar-refractivity contribution in [2.24, 2.45) is 0 Å². The largest absolute Gasteiger partial charge is 0.472 e. The second-order valence-corrected chi connectivity index (χ2v) is 15.4. The first-order chi connectivity index (χ1) is 26.7. The second-order valence-electron chi connectivity index (χ2n) is 14.0. The summed E-state index contributed by atoms with van der Waals surface area (Å²) in [7, 11) is -4.63. The number of carbonyl (C=O) groups is 2. The van der Waals surface area contributed by atoms with Crippen LogP contribution in [0.1, 0.15) is 168 Å². The molecule has 0 spiro atoms. The molecule has 0 aliphatic rings. The third-order valence-electron chi connectivity index (χ3n) is 8.66. The summed E-state index contributed by atoms with van der Waals surface area (Å²) in [4.78, 5) is 34.9. The minimum atomic E-state index is -4.63. The average molecular weight is 797 g/mol. The number of phosphoric ester groups is 1. The number of allylic oxidation sites excluding steroid dienone is 10. The van der Waals surface area contributed by atoms with Crippen molar-refractivity contribution in [3.8, 4) is 0 Å². The standard InChI is InChI=1S/C44H77O10P/c1-3-5-7-9-11-13-15-17-19-20-22-24-26-28-30-32-34-36-44(48)54-42(40-53-55(49,50)52-38-41(46)37-45)39-51-43(47)35-33-31-29-27-25-23-21-18-16-14-12-10-8-6-4-2/h6,8,12,14,17-19,21,25,27,41-42,45-46H,3-5,7,9-11,13,15-16,20,22-24,26,28-40H2,1-2H3,(H,49,50)/b8-6-,14-12-,19-17-,21-18-,27-25-/t41-,42+/m0/s1. The Labute approximate surface area is 334 Å². The Balaban J connectivity index is 4.38. The first kappa shape index (κ1) is 52.7. The van der Waals surface area contributed by atoms with Crippen molar-refractivity contribution in [2.45, 2.75) is 180 Å². The molecule has 0 bridgehead atoms. The van der Waals surface area contributed by atoms with Crippen molar-refractivity contribution in [3.63, 3.8) is 0 Å². The fourth-order valence-corrected chi connectivity index (χ4v) is 6.18. The lowest BCUT2D eigenvalue weighted by Crippen LogP contribution is -2.29. The quantitative estimate of drug-likeness (QED) is 0.0237. The predicted molar refractivity (Wildman–Crippen MR) is 224 cm³/mol. The Morgan fingerprint density at radius 1 is 0.564 bits per heavy atom.